The number of carbonyl (C=O) groups is 3. The molecule has 0 spiro atoms. The van der Waals surface area contributed by atoms with Gasteiger partial charge in [-0.05, 0) is 48.9 Å². The summed E-state index contributed by atoms with van der Waals surface area (Å²) in [6, 6.07) is 8.29. The molecule has 1 aromatic heterocycles. The Labute approximate surface area is 235 Å². The van der Waals surface area contributed by atoms with E-state index in [2.05, 4.69) is 4.90 Å². The highest BCUT2D eigenvalue weighted by Gasteiger charge is 2.47. The Balaban J connectivity index is 1.44. The molecule has 2 atom stereocenters. The van der Waals surface area contributed by atoms with Crippen LogP contribution in [0.3, 0.4) is 0 Å². The molecule has 214 valence electrons. The van der Waals surface area contributed by atoms with E-state index in [0.717, 1.165) is 37.8 Å². The van der Waals surface area contributed by atoms with Crippen molar-refractivity contribution in [3.63, 3.8) is 0 Å². The summed E-state index contributed by atoms with van der Waals surface area (Å²) in [4.78, 5) is 46.4. The van der Waals surface area contributed by atoms with Crippen LogP contribution in [-0.4, -0.2) is 71.3 Å². The Bertz CT molecular complexity index is 1270. The Morgan fingerprint density at radius 1 is 1.02 bits per heavy atom. The molecule has 5 rings (SSSR count). The van der Waals surface area contributed by atoms with Crippen molar-refractivity contribution < 1.29 is 32.3 Å². The van der Waals surface area contributed by atoms with Gasteiger partial charge < -0.3 is 19.4 Å². The molecule has 2 aromatic rings. The number of fused-ring (bicyclic) bond motifs is 1. The lowest BCUT2D eigenvalue weighted by molar-refractivity contribution is -0.145. The van der Waals surface area contributed by atoms with E-state index < -0.39 is 23.6 Å². The van der Waals surface area contributed by atoms with Gasteiger partial charge in [0, 0.05) is 50.4 Å². The summed E-state index contributed by atoms with van der Waals surface area (Å²) in [6.45, 7) is 3.82. The van der Waals surface area contributed by atoms with Gasteiger partial charge in [0.15, 0.2) is 0 Å². The number of nitrogens with zero attached hydrogens (tertiary/aromatic N) is 3. The lowest BCUT2D eigenvalue weighted by atomic mass is 9.76. The molecule has 3 aliphatic rings. The van der Waals surface area contributed by atoms with E-state index in [0.29, 0.717) is 42.3 Å². The molecule has 2 aliphatic heterocycles. The third kappa shape index (κ3) is 5.61. The highest BCUT2D eigenvalue weighted by molar-refractivity contribution is 7.12. The number of amides is 2. The first kappa shape index (κ1) is 28.2. The first-order chi connectivity index (χ1) is 19.2. The SMILES string of the molecule is CCOC(=O)C1=C(N2CCN(C(=O)c3cccs3)CC2)C2CCCCC2N(Cc2ccc(C(F)(F)F)cc2)C1=O. The summed E-state index contributed by atoms with van der Waals surface area (Å²) >= 11 is 1.40. The van der Waals surface area contributed by atoms with Gasteiger partial charge in [0.2, 0.25) is 0 Å². The van der Waals surface area contributed by atoms with Crippen LogP contribution in [-0.2, 0) is 27.0 Å². The third-order valence-electron chi connectivity index (χ3n) is 7.97. The first-order valence-electron chi connectivity index (χ1n) is 13.6. The zero-order valence-corrected chi connectivity index (χ0v) is 23.1. The van der Waals surface area contributed by atoms with Gasteiger partial charge in [-0.2, -0.15) is 13.2 Å². The number of piperazine rings is 1. The number of thiophene rings is 1. The van der Waals surface area contributed by atoms with Crippen LogP contribution in [0.1, 0.15) is 53.4 Å². The number of hydrogen-bond acceptors (Lipinski definition) is 6. The molecular formula is C29H32F3N3O4S. The van der Waals surface area contributed by atoms with Crippen LogP contribution in [0.25, 0.3) is 0 Å². The monoisotopic (exact) mass is 575 g/mol. The molecule has 2 fully saturated rings. The van der Waals surface area contributed by atoms with Gasteiger partial charge in [-0.3, -0.25) is 9.59 Å². The lowest BCUT2D eigenvalue weighted by Crippen LogP contribution is -2.57. The summed E-state index contributed by atoms with van der Waals surface area (Å²) in [7, 11) is 0. The van der Waals surface area contributed by atoms with Gasteiger partial charge in [-0.1, -0.05) is 31.0 Å². The van der Waals surface area contributed by atoms with Gasteiger partial charge >= 0.3 is 12.1 Å². The molecule has 1 aliphatic carbocycles. The Morgan fingerprint density at radius 3 is 2.35 bits per heavy atom. The van der Waals surface area contributed by atoms with Gasteiger partial charge in [-0.15, -0.1) is 11.3 Å². The fourth-order valence-corrected chi connectivity index (χ4v) is 6.76. The Kier molecular flexibility index (Phi) is 8.21. The molecule has 11 heteroatoms. The standard InChI is InChI=1S/C29H32F3N3O4S/c1-2-39-28(38)24-25(33-13-15-34(16-14-33)26(36)23-8-5-17-40-23)21-6-3-4-7-22(21)35(27(24)37)18-19-9-11-20(12-10-19)29(30,31)32/h5,8-12,17,21-22H,2-4,6-7,13-16,18H2,1H3. The number of esters is 1. The van der Waals surface area contributed by atoms with E-state index in [1.54, 1.807) is 22.8 Å². The molecule has 1 saturated carbocycles. The van der Waals surface area contributed by atoms with Gasteiger partial charge in [0.05, 0.1) is 17.0 Å². The maximum atomic E-state index is 14.0. The molecule has 2 unspecified atom stereocenters. The van der Waals surface area contributed by atoms with Crippen molar-refractivity contribution in [1.29, 1.82) is 0 Å². The van der Waals surface area contributed by atoms with Crippen molar-refractivity contribution in [1.82, 2.24) is 14.7 Å². The summed E-state index contributed by atoms with van der Waals surface area (Å²) in [6.07, 6.45) is -1.05. The number of carbonyl (C=O) groups excluding carboxylic acids is 3. The fraction of sp³-hybridized carbons (Fsp3) is 0.483. The van der Waals surface area contributed by atoms with Crippen LogP contribution in [0.2, 0.25) is 0 Å². The van der Waals surface area contributed by atoms with Crippen molar-refractivity contribution in [2.45, 2.75) is 51.4 Å². The molecule has 2 amide bonds. The van der Waals surface area contributed by atoms with Crippen LogP contribution in [0.4, 0.5) is 13.2 Å². The van der Waals surface area contributed by atoms with Crippen molar-refractivity contribution in [2.24, 2.45) is 5.92 Å². The van der Waals surface area contributed by atoms with Crippen LogP contribution in [0.15, 0.2) is 53.0 Å². The maximum absolute atomic E-state index is 14.0. The smallest absolute Gasteiger partial charge is 0.416 e. The van der Waals surface area contributed by atoms with E-state index in [1.165, 1.54) is 23.5 Å². The number of rotatable bonds is 6. The number of alkyl halides is 3. The normalized spacial score (nSPS) is 21.9. The van der Waals surface area contributed by atoms with Crippen molar-refractivity contribution in [3.8, 4) is 0 Å². The second-order valence-corrected chi connectivity index (χ2v) is 11.3. The zero-order chi connectivity index (χ0) is 28.4. The zero-order valence-electron chi connectivity index (χ0n) is 22.3. The largest absolute Gasteiger partial charge is 0.462 e. The van der Waals surface area contributed by atoms with Crippen LogP contribution < -0.4 is 0 Å². The minimum atomic E-state index is -4.44. The predicted molar refractivity (Wildman–Crippen MR) is 143 cm³/mol. The van der Waals surface area contributed by atoms with E-state index >= 15 is 0 Å². The molecular weight excluding hydrogens is 543 g/mol. The Morgan fingerprint density at radius 2 is 1.73 bits per heavy atom. The molecule has 1 aromatic carbocycles. The highest BCUT2D eigenvalue weighted by Crippen LogP contribution is 2.42. The molecule has 1 saturated heterocycles. The summed E-state index contributed by atoms with van der Waals surface area (Å²) in [5, 5.41) is 1.87. The molecule has 3 heterocycles. The minimum absolute atomic E-state index is 0.00921. The topological polar surface area (TPSA) is 70.2 Å². The number of ether oxygens (including phenoxy) is 1. The third-order valence-corrected chi connectivity index (χ3v) is 8.82. The van der Waals surface area contributed by atoms with Gasteiger partial charge in [0.25, 0.3) is 11.8 Å². The van der Waals surface area contributed by atoms with Crippen LogP contribution >= 0.6 is 11.3 Å². The Hall–Kier alpha value is -3.34. The number of benzene rings is 1. The number of hydrogen-bond donors (Lipinski definition) is 0. The van der Waals surface area contributed by atoms with Crippen molar-refractivity contribution in [3.05, 3.63) is 69.1 Å². The number of halogens is 3. The van der Waals surface area contributed by atoms with Gasteiger partial charge in [0.1, 0.15) is 5.57 Å². The lowest BCUT2D eigenvalue weighted by Gasteiger charge is -2.49. The summed E-state index contributed by atoms with van der Waals surface area (Å²) in [5.74, 6) is -1.25. The molecule has 0 radical (unpaired) electrons. The second kappa shape index (κ2) is 11.6. The first-order valence-corrected chi connectivity index (χ1v) is 14.5. The van der Waals surface area contributed by atoms with E-state index in [1.807, 2.05) is 11.4 Å². The van der Waals surface area contributed by atoms with E-state index in [4.69, 9.17) is 4.74 Å². The molecule has 7 nitrogen and oxygen atoms in total. The average molecular weight is 576 g/mol. The maximum Gasteiger partial charge on any atom is 0.416 e. The van der Waals surface area contributed by atoms with Crippen LogP contribution in [0, 0.1) is 5.92 Å². The van der Waals surface area contributed by atoms with Crippen LogP contribution in [0.5, 0.6) is 0 Å². The predicted octanol–water partition coefficient (Wildman–Crippen LogP) is 4.94. The second-order valence-electron chi connectivity index (χ2n) is 10.3. The summed E-state index contributed by atoms with van der Waals surface area (Å²) in [5.41, 5.74) is 0.524. The highest BCUT2D eigenvalue weighted by atomic mass is 32.1. The summed E-state index contributed by atoms with van der Waals surface area (Å²) < 4.78 is 44.6. The van der Waals surface area contributed by atoms with E-state index in [-0.39, 0.29) is 36.6 Å². The molecule has 40 heavy (non-hydrogen) atoms. The van der Waals surface area contributed by atoms with E-state index in [9.17, 15) is 27.6 Å². The average Bonchev–Trinajstić information content (AvgIpc) is 3.49. The quantitative estimate of drug-likeness (QED) is 0.361. The fourth-order valence-electron chi connectivity index (χ4n) is 6.07. The van der Waals surface area contributed by atoms with Crippen molar-refractivity contribution >= 4 is 29.1 Å². The van der Waals surface area contributed by atoms with Gasteiger partial charge in [-0.25, -0.2) is 4.79 Å². The molecule has 0 N–H and O–H groups in total. The van der Waals surface area contributed by atoms with Crippen molar-refractivity contribution in [2.75, 3.05) is 32.8 Å². The minimum Gasteiger partial charge on any atom is -0.462 e. The molecule has 0 bridgehead atoms.